The molecule has 0 aliphatic carbocycles. The topological polar surface area (TPSA) is 63.4 Å². The summed E-state index contributed by atoms with van der Waals surface area (Å²) in [5.74, 6) is 0.00384. The summed E-state index contributed by atoms with van der Waals surface area (Å²) in [5.41, 5.74) is 7.28. The average Bonchev–Trinajstić information content (AvgIpc) is 2.35. The molecule has 0 heterocycles. The fourth-order valence-electron chi connectivity index (χ4n) is 1.84. The van der Waals surface area contributed by atoms with Crippen LogP contribution in [0.4, 0.5) is 0 Å². The first-order chi connectivity index (χ1) is 8.90. The van der Waals surface area contributed by atoms with Gasteiger partial charge in [-0.05, 0) is 25.0 Å². The molecule has 0 spiro atoms. The van der Waals surface area contributed by atoms with Crippen LogP contribution in [-0.2, 0) is 22.3 Å². The van der Waals surface area contributed by atoms with Gasteiger partial charge >= 0.3 is 0 Å². The fraction of sp³-hybridized carbons (Fsp3) is 0.429. The highest BCUT2D eigenvalue weighted by molar-refractivity contribution is 7.88. The first kappa shape index (κ1) is 15.9. The van der Waals surface area contributed by atoms with Gasteiger partial charge in [-0.3, -0.25) is 0 Å². The predicted octanol–water partition coefficient (Wildman–Crippen LogP) is 1.87. The van der Waals surface area contributed by atoms with Gasteiger partial charge < -0.3 is 5.73 Å². The Hall–Kier alpha value is -1.17. The minimum absolute atomic E-state index is 0.00384. The van der Waals surface area contributed by atoms with Crippen molar-refractivity contribution in [2.45, 2.75) is 32.2 Å². The number of hydrogen-bond acceptors (Lipinski definition) is 3. The van der Waals surface area contributed by atoms with Gasteiger partial charge in [-0.2, -0.15) is 4.31 Å². The summed E-state index contributed by atoms with van der Waals surface area (Å²) in [4.78, 5) is 0. The van der Waals surface area contributed by atoms with Crippen molar-refractivity contribution in [3.8, 4) is 0 Å². The van der Waals surface area contributed by atoms with Crippen molar-refractivity contribution in [2.75, 3.05) is 6.54 Å². The lowest BCUT2D eigenvalue weighted by Crippen LogP contribution is -2.37. The van der Waals surface area contributed by atoms with Gasteiger partial charge in [0.05, 0.1) is 5.75 Å². The first-order valence-electron chi connectivity index (χ1n) is 6.29. The summed E-state index contributed by atoms with van der Waals surface area (Å²) in [6, 6.07) is 7.26. The van der Waals surface area contributed by atoms with E-state index in [0.717, 1.165) is 11.1 Å². The molecule has 1 aromatic rings. The Morgan fingerprint density at radius 3 is 2.21 bits per heavy atom. The molecule has 0 aromatic heterocycles. The van der Waals surface area contributed by atoms with Crippen LogP contribution >= 0.6 is 0 Å². The molecule has 2 N–H and O–H groups in total. The van der Waals surface area contributed by atoms with E-state index < -0.39 is 10.0 Å². The average molecular weight is 282 g/mol. The zero-order valence-corrected chi connectivity index (χ0v) is 12.4. The highest BCUT2D eigenvalue weighted by atomic mass is 32.2. The van der Waals surface area contributed by atoms with Crippen molar-refractivity contribution >= 4 is 10.0 Å². The summed E-state index contributed by atoms with van der Waals surface area (Å²) in [7, 11) is -3.33. The quantitative estimate of drug-likeness (QED) is 0.777. The fourth-order valence-corrected chi connectivity index (χ4v) is 3.59. The van der Waals surface area contributed by atoms with Crippen molar-refractivity contribution in [2.24, 2.45) is 5.73 Å². The molecular formula is C14H22N2O2S. The Morgan fingerprint density at radius 2 is 1.79 bits per heavy atom. The van der Waals surface area contributed by atoms with E-state index in [1.54, 1.807) is 6.08 Å². The SMILES string of the molecule is C=CCN(C(C)C)S(=O)(=O)Cc1ccc(CN)cc1. The minimum Gasteiger partial charge on any atom is -0.326 e. The van der Waals surface area contributed by atoms with E-state index in [-0.39, 0.29) is 11.8 Å². The van der Waals surface area contributed by atoms with Gasteiger partial charge in [0, 0.05) is 19.1 Å². The van der Waals surface area contributed by atoms with E-state index in [9.17, 15) is 8.42 Å². The third-order valence-corrected chi connectivity index (χ3v) is 4.83. The summed E-state index contributed by atoms with van der Waals surface area (Å²) < 4.78 is 26.1. The molecule has 0 atom stereocenters. The van der Waals surface area contributed by atoms with Gasteiger partial charge in [-0.15, -0.1) is 6.58 Å². The van der Waals surface area contributed by atoms with E-state index in [1.807, 2.05) is 38.1 Å². The molecule has 106 valence electrons. The summed E-state index contributed by atoms with van der Waals surface area (Å²) >= 11 is 0. The smallest absolute Gasteiger partial charge is 0.218 e. The van der Waals surface area contributed by atoms with Gasteiger partial charge in [0.25, 0.3) is 0 Å². The molecule has 4 nitrogen and oxygen atoms in total. The Kier molecular flexibility index (Phi) is 5.72. The Morgan fingerprint density at radius 1 is 1.26 bits per heavy atom. The van der Waals surface area contributed by atoms with E-state index >= 15 is 0 Å². The summed E-state index contributed by atoms with van der Waals surface area (Å²) in [6.45, 7) is 8.12. The molecule has 0 fully saturated rings. The monoisotopic (exact) mass is 282 g/mol. The highest BCUT2D eigenvalue weighted by Gasteiger charge is 2.23. The summed E-state index contributed by atoms with van der Waals surface area (Å²) in [5, 5.41) is 0. The maximum Gasteiger partial charge on any atom is 0.218 e. The van der Waals surface area contributed by atoms with Crippen molar-refractivity contribution in [1.82, 2.24) is 4.31 Å². The van der Waals surface area contributed by atoms with Gasteiger partial charge in [0.15, 0.2) is 0 Å². The molecule has 0 amide bonds. The zero-order valence-electron chi connectivity index (χ0n) is 11.5. The Labute approximate surface area is 116 Å². The van der Waals surface area contributed by atoms with Crippen molar-refractivity contribution in [3.63, 3.8) is 0 Å². The molecule has 5 heteroatoms. The van der Waals surface area contributed by atoms with Gasteiger partial charge in [-0.1, -0.05) is 30.3 Å². The normalized spacial score (nSPS) is 12.1. The molecule has 0 saturated carbocycles. The number of benzene rings is 1. The van der Waals surface area contributed by atoms with Gasteiger partial charge in [-0.25, -0.2) is 8.42 Å². The standard InChI is InChI=1S/C14H22N2O2S/c1-4-9-16(12(2)3)19(17,18)11-14-7-5-13(10-15)6-8-14/h4-8,12H,1,9-11,15H2,2-3H3. The molecule has 0 saturated heterocycles. The number of hydrogen-bond donors (Lipinski definition) is 1. The maximum absolute atomic E-state index is 12.3. The molecule has 1 rings (SSSR count). The van der Waals surface area contributed by atoms with Crippen molar-refractivity contribution in [3.05, 3.63) is 48.0 Å². The van der Waals surface area contributed by atoms with Crippen LogP contribution in [0, 0.1) is 0 Å². The minimum atomic E-state index is -3.33. The van der Waals surface area contributed by atoms with Gasteiger partial charge in [0.1, 0.15) is 0 Å². The molecule has 0 aliphatic heterocycles. The molecule has 1 aromatic carbocycles. The second-order valence-electron chi connectivity index (χ2n) is 4.73. The third kappa shape index (κ3) is 4.45. The lowest BCUT2D eigenvalue weighted by Gasteiger charge is -2.24. The molecule has 0 bridgehead atoms. The largest absolute Gasteiger partial charge is 0.326 e. The number of nitrogens with zero attached hydrogens (tertiary/aromatic N) is 1. The van der Waals surface area contributed by atoms with Crippen molar-refractivity contribution < 1.29 is 8.42 Å². The number of rotatable bonds is 7. The molecule has 19 heavy (non-hydrogen) atoms. The second-order valence-corrected chi connectivity index (χ2v) is 6.65. The highest BCUT2D eigenvalue weighted by Crippen LogP contribution is 2.14. The lowest BCUT2D eigenvalue weighted by atomic mass is 10.1. The molecule has 0 aliphatic rings. The van der Waals surface area contributed by atoms with Crippen LogP contribution in [-0.4, -0.2) is 25.3 Å². The van der Waals surface area contributed by atoms with Crippen LogP contribution in [0.15, 0.2) is 36.9 Å². The Balaban J connectivity index is 2.90. The van der Waals surface area contributed by atoms with Crippen LogP contribution in [0.25, 0.3) is 0 Å². The second kappa shape index (κ2) is 6.84. The van der Waals surface area contributed by atoms with Crippen LogP contribution in [0.5, 0.6) is 0 Å². The van der Waals surface area contributed by atoms with E-state index in [2.05, 4.69) is 6.58 Å². The van der Waals surface area contributed by atoms with E-state index in [4.69, 9.17) is 5.73 Å². The molecule has 0 unspecified atom stereocenters. The maximum atomic E-state index is 12.3. The third-order valence-electron chi connectivity index (χ3n) is 2.85. The van der Waals surface area contributed by atoms with E-state index in [0.29, 0.717) is 13.1 Å². The van der Waals surface area contributed by atoms with Crippen LogP contribution < -0.4 is 5.73 Å². The van der Waals surface area contributed by atoms with Crippen molar-refractivity contribution in [1.29, 1.82) is 0 Å². The zero-order chi connectivity index (χ0) is 14.5. The van der Waals surface area contributed by atoms with Crippen LogP contribution in [0.3, 0.4) is 0 Å². The predicted molar refractivity (Wildman–Crippen MR) is 79.0 cm³/mol. The van der Waals surface area contributed by atoms with Crippen LogP contribution in [0.1, 0.15) is 25.0 Å². The summed E-state index contributed by atoms with van der Waals surface area (Å²) in [6.07, 6.45) is 1.61. The van der Waals surface area contributed by atoms with Gasteiger partial charge in [0.2, 0.25) is 10.0 Å². The molecular weight excluding hydrogens is 260 g/mol. The van der Waals surface area contributed by atoms with E-state index in [1.165, 1.54) is 4.31 Å². The Bertz CT molecular complexity index is 507. The molecule has 0 radical (unpaired) electrons. The number of sulfonamides is 1. The number of nitrogens with two attached hydrogens (primary N) is 1. The first-order valence-corrected chi connectivity index (χ1v) is 7.90. The lowest BCUT2D eigenvalue weighted by molar-refractivity contribution is 0.382. The van der Waals surface area contributed by atoms with Crippen LogP contribution in [0.2, 0.25) is 0 Å².